The molecule has 16 heavy (non-hydrogen) atoms. The average molecular weight is 335 g/mol. The number of aromatic nitrogens is 2. The molecule has 0 saturated heterocycles. The number of hydrogen-bond acceptors (Lipinski definition) is 4. The zero-order valence-corrected chi connectivity index (χ0v) is 11.7. The van der Waals surface area contributed by atoms with Gasteiger partial charge in [0.15, 0.2) is 0 Å². The Labute approximate surface area is 110 Å². The fourth-order valence-corrected chi connectivity index (χ4v) is 1.40. The van der Waals surface area contributed by atoms with E-state index in [-0.39, 0.29) is 0 Å². The number of anilines is 1. The quantitative estimate of drug-likeness (QED) is 0.586. The highest BCUT2D eigenvalue weighted by Crippen LogP contribution is 2.02. The molecule has 0 radical (unpaired) electrons. The molecule has 5 heteroatoms. The van der Waals surface area contributed by atoms with E-state index in [9.17, 15) is 0 Å². The fourth-order valence-electron chi connectivity index (χ4n) is 1.13. The molecule has 0 fully saturated rings. The maximum atomic E-state index is 5.45. The maximum Gasteiger partial charge on any atom is 0.222 e. The first-order valence-corrected chi connectivity index (χ1v) is 6.70. The van der Waals surface area contributed by atoms with Crippen molar-refractivity contribution in [3.8, 4) is 0 Å². The summed E-state index contributed by atoms with van der Waals surface area (Å²) in [6.07, 6.45) is 6.92. The second-order valence-corrected chi connectivity index (χ2v) is 4.72. The van der Waals surface area contributed by atoms with Gasteiger partial charge in [-0.3, -0.25) is 0 Å². The van der Waals surface area contributed by atoms with Crippen molar-refractivity contribution in [3.63, 3.8) is 0 Å². The van der Waals surface area contributed by atoms with E-state index in [1.807, 2.05) is 0 Å². The lowest BCUT2D eigenvalue weighted by atomic mass is 10.4. The summed E-state index contributed by atoms with van der Waals surface area (Å²) in [7, 11) is 0. The highest BCUT2D eigenvalue weighted by Gasteiger charge is 1.94. The van der Waals surface area contributed by atoms with Crippen LogP contribution < -0.4 is 5.32 Å². The van der Waals surface area contributed by atoms with Crippen LogP contribution >= 0.6 is 22.6 Å². The average Bonchev–Trinajstić information content (AvgIpc) is 2.30. The minimum Gasteiger partial charge on any atom is -0.381 e. The lowest BCUT2D eigenvalue weighted by Crippen LogP contribution is -2.08. The van der Waals surface area contributed by atoms with Crippen molar-refractivity contribution in [2.24, 2.45) is 0 Å². The van der Waals surface area contributed by atoms with Crippen molar-refractivity contribution in [1.29, 1.82) is 0 Å². The van der Waals surface area contributed by atoms with Crippen molar-refractivity contribution in [1.82, 2.24) is 9.97 Å². The predicted octanol–water partition coefficient (Wildman–Crippen LogP) is 2.70. The first kappa shape index (κ1) is 13.6. The van der Waals surface area contributed by atoms with Gasteiger partial charge >= 0.3 is 0 Å². The molecule has 0 aromatic carbocycles. The van der Waals surface area contributed by atoms with Gasteiger partial charge in [0.2, 0.25) is 5.95 Å². The SMILES string of the molecule is CCCCOCCCNc1ncc(I)cn1. The van der Waals surface area contributed by atoms with Gasteiger partial charge in [0, 0.05) is 35.7 Å². The first-order chi connectivity index (χ1) is 7.83. The van der Waals surface area contributed by atoms with Gasteiger partial charge < -0.3 is 10.1 Å². The maximum absolute atomic E-state index is 5.45. The minimum atomic E-state index is 0.689. The Morgan fingerprint density at radius 3 is 2.62 bits per heavy atom. The number of unbranched alkanes of at least 4 members (excludes halogenated alkanes) is 1. The van der Waals surface area contributed by atoms with Crippen LogP contribution in [0.5, 0.6) is 0 Å². The Morgan fingerprint density at radius 1 is 1.25 bits per heavy atom. The van der Waals surface area contributed by atoms with Crippen LogP contribution in [0.15, 0.2) is 12.4 Å². The number of nitrogens with one attached hydrogen (secondary N) is 1. The van der Waals surface area contributed by atoms with Crippen LogP contribution in [0.2, 0.25) is 0 Å². The molecule has 1 aromatic heterocycles. The zero-order chi connectivity index (χ0) is 11.6. The van der Waals surface area contributed by atoms with Crippen molar-refractivity contribution < 1.29 is 4.74 Å². The lowest BCUT2D eigenvalue weighted by molar-refractivity contribution is 0.131. The Hall–Kier alpha value is -0.430. The molecule has 0 amide bonds. The normalized spacial score (nSPS) is 10.4. The van der Waals surface area contributed by atoms with Crippen LogP contribution in [0, 0.1) is 3.57 Å². The molecule has 0 unspecified atom stereocenters. The molecular formula is C11H18IN3O. The molecule has 0 saturated carbocycles. The molecule has 0 atom stereocenters. The van der Waals surface area contributed by atoms with E-state index in [0.29, 0.717) is 5.95 Å². The summed E-state index contributed by atoms with van der Waals surface area (Å²) in [5.41, 5.74) is 0. The van der Waals surface area contributed by atoms with Gasteiger partial charge in [0.05, 0.1) is 0 Å². The number of halogens is 1. The molecule has 90 valence electrons. The third-order valence-corrected chi connectivity index (χ3v) is 2.57. The molecule has 1 N–H and O–H groups in total. The Balaban J connectivity index is 2.01. The Morgan fingerprint density at radius 2 is 1.94 bits per heavy atom. The van der Waals surface area contributed by atoms with Gasteiger partial charge in [0.25, 0.3) is 0 Å². The van der Waals surface area contributed by atoms with Crippen LogP contribution in [0.25, 0.3) is 0 Å². The van der Waals surface area contributed by atoms with Crippen LogP contribution in [0.4, 0.5) is 5.95 Å². The van der Waals surface area contributed by atoms with E-state index >= 15 is 0 Å². The second-order valence-electron chi connectivity index (χ2n) is 3.47. The molecule has 0 spiro atoms. The van der Waals surface area contributed by atoms with Crippen LogP contribution in [0.1, 0.15) is 26.2 Å². The van der Waals surface area contributed by atoms with Gasteiger partial charge in [-0.2, -0.15) is 0 Å². The van der Waals surface area contributed by atoms with Crippen molar-refractivity contribution in [2.75, 3.05) is 25.1 Å². The standard InChI is InChI=1S/C11H18IN3O/c1-2-3-6-16-7-4-5-13-11-14-8-10(12)9-15-11/h8-9H,2-7H2,1H3,(H,13,14,15). The van der Waals surface area contributed by atoms with E-state index in [1.54, 1.807) is 12.4 Å². The van der Waals surface area contributed by atoms with E-state index in [1.165, 1.54) is 6.42 Å². The summed E-state index contributed by atoms with van der Waals surface area (Å²) in [6, 6.07) is 0. The highest BCUT2D eigenvalue weighted by molar-refractivity contribution is 14.1. The monoisotopic (exact) mass is 335 g/mol. The highest BCUT2D eigenvalue weighted by atomic mass is 127. The zero-order valence-electron chi connectivity index (χ0n) is 9.58. The van der Waals surface area contributed by atoms with E-state index in [4.69, 9.17) is 4.74 Å². The number of rotatable bonds is 8. The fraction of sp³-hybridized carbons (Fsp3) is 0.636. The molecule has 0 aliphatic carbocycles. The molecule has 0 bridgehead atoms. The number of hydrogen-bond donors (Lipinski definition) is 1. The topological polar surface area (TPSA) is 47.0 Å². The molecular weight excluding hydrogens is 317 g/mol. The summed E-state index contributed by atoms with van der Waals surface area (Å²) in [4.78, 5) is 8.31. The van der Waals surface area contributed by atoms with E-state index in [2.05, 4.69) is 44.8 Å². The van der Waals surface area contributed by atoms with Crippen molar-refractivity contribution in [3.05, 3.63) is 16.0 Å². The summed E-state index contributed by atoms with van der Waals surface area (Å²) in [5.74, 6) is 0.689. The number of ether oxygens (including phenoxy) is 1. The van der Waals surface area contributed by atoms with Crippen molar-refractivity contribution in [2.45, 2.75) is 26.2 Å². The van der Waals surface area contributed by atoms with Crippen LogP contribution in [-0.2, 0) is 4.74 Å². The lowest BCUT2D eigenvalue weighted by Gasteiger charge is -2.05. The van der Waals surface area contributed by atoms with Gasteiger partial charge in [0.1, 0.15) is 0 Å². The molecule has 1 heterocycles. The van der Waals surface area contributed by atoms with E-state index in [0.717, 1.165) is 36.2 Å². The van der Waals surface area contributed by atoms with Gasteiger partial charge in [-0.25, -0.2) is 9.97 Å². The molecule has 0 aliphatic heterocycles. The second kappa shape index (κ2) is 8.69. The third-order valence-electron chi connectivity index (χ3n) is 2.01. The van der Waals surface area contributed by atoms with Crippen LogP contribution in [-0.4, -0.2) is 29.7 Å². The molecule has 1 aromatic rings. The molecule has 0 aliphatic rings. The van der Waals surface area contributed by atoms with E-state index < -0.39 is 0 Å². The Kier molecular flexibility index (Phi) is 7.41. The molecule has 4 nitrogen and oxygen atoms in total. The predicted molar refractivity (Wildman–Crippen MR) is 73.6 cm³/mol. The smallest absolute Gasteiger partial charge is 0.222 e. The molecule has 1 rings (SSSR count). The largest absolute Gasteiger partial charge is 0.381 e. The summed E-state index contributed by atoms with van der Waals surface area (Å²) < 4.78 is 6.50. The summed E-state index contributed by atoms with van der Waals surface area (Å²) >= 11 is 2.19. The van der Waals surface area contributed by atoms with Gasteiger partial charge in [-0.05, 0) is 35.4 Å². The van der Waals surface area contributed by atoms with Gasteiger partial charge in [-0.1, -0.05) is 13.3 Å². The third kappa shape index (κ3) is 6.22. The van der Waals surface area contributed by atoms with Crippen LogP contribution in [0.3, 0.4) is 0 Å². The number of nitrogens with zero attached hydrogens (tertiary/aromatic N) is 2. The first-order valence-electron chi connectivity index (χ1n) is 5.62. The van der Waals surface area contributed by atoms with Crippen molar-refractivity contribution >= 4 is 28.5 Å². The van der Waals surface area contributed by atoms with Gasteiger partial charge in [-0.15, -0.1) is 0 Å². The minimum absolute atomic E-state index is 0.689. The summed E-state index contributed by atoms with van der Waals surface area (Å²) in [5, 5.41) is 3.16. The summed E-state index contributed by atoms with van der Waals surface area (Å²) in [6.45, 7) is 4.69. The Bertz CT molecular complexity index is 279.